The van der Waals surface area contributed by atoms with Gasteiger partial charge < -0.3 is 19.6 Å². The molecule has 0 saturated heterocycles. The summed E-state index contributed by atoms with van der Waals surface area (Å²) < 4.78 is 0. The van der Waals surface area contributed by atoms with E-state index in [4.69, 9.17) is 0 Å². The maximum atomic E-state index is 2.40. The second kappa shape index (κ2) is 19.0. The first-order valence-electron chi connectivity index (χ1n) is 22.5. The van der Waals surface area contributed by atoms with Crippen molar-refractivity contribution in [1.82, 2.24) is 0 Å². The van der Waals surface area contributed by atoms with Gasteiger partial charge in [0.2, 0.25) is 0 Å². The van der Waals surface area contributed by atoms with Crippen molar-refractivity contribution in [1.29, 1.82) is 0 Å². The zero-order valence-corrected chi connectivity index (χ0v) is 37.2. The van der Waals surface area contributed by atoms with E-state index in [0.717, 1.165) is 79.4 Å². The van der Waals surface area contributed by atoms with Crippen molar-refractivity contribution in [2.45, 2.75) is 13.8 Å². The molecular weight excluding hydrogens is 801 g/mol. The van der Waals surface area contributed by atoms with Gasteiger partial charge in [0.15, 0.2) is 0 Å². The third-order valence-electron chi connectivity index (χ3n) is 11.9. The topological polar surface area (TPSA) is 13.0 Å². The molecule has 10 rings (SSSR count). The fraction of sp³-hybridized carbons (Fsp3) is 0.0323. The maximum absolute atomic E-state index is 2.40. The Hall–Kier alpha value is -8.60. The van der Waals surface area contributed by atoms with Crippen LogP contribution in [0.2, 0.25) is 0 Å². The molecule has 0 saturated carbocycles. The fourth-order valence-corrected chi connectivity index (χ4v) is 8.89. The van der Waals surface area contributed by atoms with Gasteiger partial charge in [-0.1, -0.05) is 146 Å². The number of anilines is 12. The zero-order chi connectivity index (χ0) is 44.7. The van der Waals surface area contributed by atoms with Crippen LogP contribution >= 0.6 is 0 Å². The Bertz CT molecular complexity index is 2860. The summed E-state index contributed by atoms with van der Waals surface area (Å²) in [5, 5.41) is 0. The SMILES string of the molecule is Cc1cccc(N(c2ccccc2)c2ccc(-c3ccc(N(c4ccccc4)c4cccc(C)c4)cc3N(c3ccccc3)c3ccccc3)c(N(c3ccccc3)c3ccccc3)c2)c1. The molecule has 10 aromatic carbocycles. The van der Waals surface area contributed by atoms with E-state index < -0.39 is 0 Å². The van der Waals surface area contributed by atoms with Crippen LogP contribution in [0.15, 0.2) is 267 Å². The molecule has 0 aliphatic heterocycles. The highest BCUT2D eigenvalue weighted by Gasteiger charge is 2.26. The first kappa shape index (κ1) is 41.4. The Labute approximate surface area is 389 Å². The Balaban J connectivity index is 1.29. The summed E-state index contributed by atoms with van der Waals surface area (Å²) in [4.78, 5) is 9.51. The molecule has 0 fully saturated rings. The molecule has 10 aromatic rings. The summed E-state index contributed by atoms with van der Waals surface area (Å²) in [7, 11) is 0. The second-order valence-corrected chi connectivity index (χ2v) is 16.4. The Morgan fingerprint density at radius 1 is 0.197 bits per heavy atom. The molecule has 0 unspecified atom stereocenters. The minimum atomic E-state index is 1.03. The highest BCUT2D eigenvalue weighted by atomic mass is 15.2. The molecular formula is C62H50N4. The lowest BCUT2D eigenvalue weighted by molar-refractivity contribution is 1.23. The van der Waals surface area contributed by atoms with Crippen molar-refractivity contribution in [3.8, 4) is 11.1 Å². The van der Waals surface area contributed by atoms with Crippen molar-refractivity contribution in [2.24, 2.45) is 0 Å². The lowest BCUT2D eigenvalue weighted by Gasteiger charge is -2.34. The number of nitrogens with zero attached hydrogens (tertiary/aromatic N) is 4. The van der Waals surface area contributed by atoms with Gasteiger partial charge in [0, 0.05) is 68.0 Å². The summed E-state index contributed by atoms with van der Waals surface area (Å²) in [6.45, 7) is 4.31. The third kappa shape index (κ3) is 8.68. The third-order valence-corrected chi connectivity index (χ3v) is 11.9. The number of hydrogen-bond acceptors (Lipinski definition) is 4. The number of aryl methyl sites for hydroxylation is 2. The molecule has 0 aliphatic rings. The van der Waals surface area contributed by atoms with E-state index in [1.165, 1.54) is 11.1 Å². The first-order valence-corrected chi connectivity index (χ1v) is 22.5. The van der Waals surface area contributed by atoms with Crippen LogP contribution in [0.25, 0.3) is 11.1 Å². The molecule has 0 radical (unpaired) electrons. The van der Waals surface area contributed by atoms with E-state index in [-0.39, 0.29) is 0 Å². The molecule has 0 aromatic heterocycles. The second-order valence-electron chi connectivity index (χ2n) is 16.4. The van der Waals surface area contributed by atoms with Gasteiger partial charge in [-0.05, 0) is 146 Å². The standard InChI is InChI=1S/C62H50N4/c1-47-23-21-37-55(43-47)63(49-25-9-3-10-26-49)57-39-41-59(61(45-57)65(51-29-13-5-14-30-51)52-31-15-6-16-32-52)60-42-40-58(64(50-27-11-4-12-28-50)56-38-22-24-48(2)44-56)46-62(60)66(53-33-17-7-18-34-53)54-35-19-8-20-36-54/h3-46H,1-2H3. The number of benzene rings is 10. The van der Waals surface area contributed by atoms with Crippen LogP contribution in [-0.2, 0) is 0 Å². The van der Waals surface area contributed by atoms with E-state index in [9.17, 15) is 0 Å². The van der Waals surface area contributed by atoms with Gasteiger partial charge in [-0.2, -0.15) is 0 Å². The van der Waals surface area contributed by atoms with Gasteiger partial charge >= 0.3 is 0 Å². The first-order chi connectivity index (χ1) is 32.6. The average Bonchev–Trinajstić information content (AvgIpc) is 3.37. The van der Waals surface area contributed by atoms with E-state index >= 15 is 0 Å². The van der Waals surface area contributed by atoms with Crippen LogP contribution in [0.5, 0.6) is 0 Å². The van der Waals surface area contributed by atoms with Crippen molar-refractivity contribution < 1.29 is 0 Å². The largest absolute Gasteiger partial charge is 0.310 e. The quantitative estimate of drug-likeness (QED) is 0.115. The monoisotopic (exact) mass is 850 g/mol. The van der Waals surface area contributed by atoms with Gasteiger partial charge in [0.1, 0.15) is 0 Å². The van der Waals surface area contributed by atoms with E-state index in [2.05, 4.69) is 300 Å². The summed E-state index contributed by atoms with van der Waals surface area (Å²) >= 11 is 0. The van der Waals surface area contributed by atoms with Gasteiger partial charge in [0.05, 0.1) is 11.4 Å². The molecule has 0 bridgehead atoms. The van der Waals surface area contributed by atoms with Crippen molar-refractivity contribution >= 4 is 68.2 Å². The fourth-order valence-electron chi connectivity index (χ4n) is 8.89. The molecule has 0 spiro atoms. The van der Waals surface area contributed by atoms with Gasteiger partial charge in [-0.25, -0.2) is 0 Å². The van der Waals surface area contributed by atoms with E-state index in [1.807, 2.05) is 0 Å². The predicted octanol–water partition coefficient (Wildman–Crippen LogP) is 17.8. The van der Waals surface area contributed by atoms with Crippen LogP contribution in [0.3, 0.4) is 0 Å². The number of para-hydroxylation sites is 6. The van der Waals surface area contributed by atoms with E-state index in [0.29, 0.717) is 0 Å². The Morgan fingerprint density at radius 3 is 0.712 bits per heavy atom. The minimum Gasteiger partial charge on any atom is -0.310 e. The van der Waals surface area contributed by atoms with Gasteiger partial charge in [-0.3, -0.25) is 0 Å². The summed E-state index contributed by atoms with van der Waals surface area (Å²) in [5.74, 6) is 0. The van der Waals surface area contributed by atoms with Gasteiger partial charge in [-0.15, -0.1) is 0 Å². The summed E-state index contributed by atoms with van der Waals surface area (Å²) in [5.41, 5.74) is 17.2. The molecule has 0 amide bonds. The lowest BCUT2D eigenvalue weighted by atomic mass is 9.96. The highest BCUT2D eigenvalue weighted by molar-refractivity contribution is 5.99. The molecule has 0 atom stereocenters. The van der Waals surface area contributed by atoms with Crippen LogP contribution in [-0.4, -0.2) is 0 Å². The molecule has 4 heteroatoms. The molecule has 0 heterocycles. The van der Waals surface area contributed by atoms with Gasteiger partial charge in [0.25, 0.3) is 0 Å². The van der Waals surface area contributed by atoms with Crippen LogP contribution in [0, 0.1) is 13.8 Å². The highest BCUT2D eigenvalue weighted by Crippen LogP contribution is 2.51. The summed E-state index contributed by atoms with van der Waals surface area (Å²) in [6.07, 6.45) is 0. The van der Waals surface area contributed by atoms with E-state index in [1.54, 1.807) is 0 Å². The predicted molar refractivity (Wildman–Crippen MR) is 280 cm³/mol. The molecule has 318 valence electrons. The maximum Gasteiger partial charge on any atom is 0.0561 e. The van der Waals surface area contributed by atoms with Crippen LogP contribution in [0.4, 0.5) is 68.2 Å². The molecule has 66 heavy (non-hydrogen) atoms. The molecule has 0 N–H and O–H groups in total. The molecule has 4 nitrogen and oxygen atoms in total. The lowest BCUT2D eigenvalue weighted by Crippen LogP contribution is -2.16. The van der Waals surface area contributed by atoms with Crippen molar-refractivity contribution in [2.75, 3.05) is 19.6 Å². The Kier molecular flexibility index (Phi) is 11.9. The average molecular weight is 851 g/mol. The molecule has 0 aliphatic carbocycles. The minimum absolute atomic E-state index is 1.03. The van der Waals surface area contributed by atoms with Crippen LogP contribution < -0.4 is 19.6 Å². The van der Waals surface area contributed by atoms with Crippen LogP contribution in [0.1, 0.15) is 11.1 Å². The number of rotatable bonds is 13. The number of hydrogen-bond donors (Lipinski definition) is 0. The van der Waals surface area contributed by atoms with Crippen molar-refractivity contribution in [3.63, 3.8) is 0 Å². The Morgan fingerprint density at radius 2 is 0.439 bits per heavy atom. The zero-order valence-electron chi connectivity index (χ0n) is 37.2. The smallest absolute Gasteiger partial charge is 0.0561 e. The summed E-state index contributed by atoms with van der Waals surface area (Å²) in [6, 6.07) is 95.6. The normalized spacial score (nSPS) is 10.9. The van der Waals surface area contributed by atoms with Crippen molar-refractivity contribution in [3.05, 3.63) is 278 Å².